The first-order valence-corrected chi connectivity index (χ1v) is 6.03. The Morgan fingerprint density at radius 1 is 1.20 bits per heavy atom. The van der Waals surface area contributed by atoms with Crippen molar-refractivity contribution >= 4 is 17.3 Å². The second kappa shape index (κ2) is 4.90. The molecule has 20 heavy (non-hydrogen) atoms. The molecule has 100 valence electrons. The van der Waals surface area contributed by atoms with E-state index in [4.69, 9.17) is 21.9 Å². The summed E-state index contributed by atoms with van der Waals surface area (Å²) in [4.78, 5) is 8.05. The van der Waals surface area contributed by atoms with Crippen LogP contribution in [0.1, 0.15) is 0 Å². The normalized spacial score (nSPS) is 10.7. The van der Waals surface area contributed by atoms with Gasteiger partial charge >= 0.3 is 0 Å². The van der Waals surface area contributed by atoms with Crippen LogP contribution >= 0.6 is 11.6 Å². The van der Waals surface area contributed by atoms with Gasteiger partial charge in [-0.2, -0.15) is 4.98 Å². The van der Waals surface area contributed by atoms with E-state index in [9.17, 15) is 4.39 Å². The van der Waals surface area contributed by atoms with Gasteiger partial charge in [0.1, 0.15) is 11.5 Å². The van der Waals surface area contributed by atoms with Crippen LogP contribution in [0.5, 0.6) is 0 Å². The molecule has 5 nitrogen and oxygen atoms in total. The maximum absolute atomic E-state index is 12.8. The van der Waals surface area contributed by atoms with Gasteiger partial charge in [0.05, 0.1) is 16.8 Å². The molecule has 3 aromatic rings. The molecule has 0 atom stereocenters. The molecule has 7 heteroatoms. The van der Waals surface area contributed by atoms with Gasteiger partial charge in [0.15, 0.2) is 0 Å². The molecular weight excluding hydrogens is 283 g/mol. The first kappa shape index (κ1) is 12.6. The SMILES string of the molecule is Nc1cccc(Cl)c1-c1nc(-c2ccc(F)cn2)no1. The van der Waals surface area contributed by atoms with Gasteiger partial charge in [-0.05, 0) is 24.3 Å². The molecule has 2 N–H and O–H groups in total. The topological polar surface area (TPSA) is 77.8 Å². The number of anilines is 1. The van der Waals surface area contributed by atoms with Crippen molar-refractivity contribution in [3.05, 3.63) is 47.4 Å². The highest BCUT2D eigenvalue weighted by molar-refractivity contribution is 6.33. The minimum Gasteiger partial charge on any atom is -0.398 e. The van der Waals surface area contributed by atoms with Crippen LogP contribution in [0.3, 0.4) is 0 Å². The number of nitrogen functional groups attached to an aromatic ring is 1. The van der Waals surface area contributed by atoms with E-state index in [0.717, 1.165) is 6.20 Å². The highest BCUT2D eigenvalue weighted by Gasteiger charge is 2.16. The zero-order chi connectivity index (χ0) is 14.1. The third-order valence-electron chi connectivity index (χ3n) is 2.64. The lowest BCUT2D eigenvalue weighted by atomic mass is 10.2. The number of benzene rings is 1. The van der Waals surface area contributed by atoms with E-state index in [2.05, 4.69) is 15.1 Å². The van der Waals surface area contributed by atoms with Crippen molar-refractivity contribution in [1.29, 1.82) is 0 Å². The Morgan fingerprint density at radius 3 is 2.75 bits per heavy atom. The first-order valence-electron chi connectivity index (χ1n) is 5.65. The van der Waals surface area contributed by atoms with E-state index in [1.54, 1.807) is 18.2 Å². The van der Waals surface area contributed by atoms with E-state index in [-0.39, 0.29) is 11.7 Å². The molecule has 0 saturated carbocycles. The van der Waals surface area contributed by atoms with Crippen molar-refractivity contribution in [2.45, 2.75) is 0 Å². The fourth-order valence-electron chi connectivity index (χ4n) is 1.70. The smallest absolute Gasteiger partial charge is 0.261 e. The summed E-state index contributed by atoms with van der Waals surface area (Å²) in [7, 11) is 0. The zero-order valence-electron chi connectivity index (χ0n) is 10.0. The number of nitrogens with zero attached hydrogens (tertiary/aromatic N) is 3. The maximum atomic E-state index is 12.8. The predicted octanol–water partition coefficient (Wildman–Crippen LogP) is 3.17. The summed E-state index contributed by atoms with van der Waals surface area (Å²) < 4.78 is 18.0. The molecule has 0 unspecified atom stereocenters. The molecule has 2 aromatic heterocycles. The number of nitrogens with two attached hydrogens (primary N) is 1. The van der Waals surface area contributed by atoms with E-state index in [1.165, 1.54) is 12.1 Å². The van der Waals surface area contributed by atoms with Crippen LogP contribution in [0.25, 0.3) is 23.0 Å². The lowest BCUT2D eigenvalue weighted by Crippen LogP contribution is -1.91. The van der Waals surface area contributed by atoms with Crippen LogP contribution in [0, 0.1) is 5.82 Å². The lowest BCUT2D eigenvalue weighted by molar-refractivity contribution is 0.432. The number of halogens is 2. The van der Waals surface area contributed by atoms with E-state index < -0.39 is 5.82 Å². The third kappa shape index (κ3) is 2.21. The average molecular weight is 291 g/mol. The van der Waals surface area contributed by atoms with Gasteiger partial charge in [0.2, 0.25) is 5.82 Å². The fourth-order valence-corrected chi connectivity index (χ4v) is 1.97. The minimum atomic E-state index is -0.437. The Kier molecular flexibility index (Phi) is 3.08. The average Bonchev–Trinajstić information content (AvgIpc) is 2.89. The summed E-state index contributed by atoms with van der Waals surface area (Å²) in [6.45, 7) is 0. The Morgan fingerprint density at radius 2 is 2.05 bits per heavy atom. The summed E-state index contributed by atoms with van der Waals surface area (Å²) >= 11 is 6.07. The van der Waals surface area contributed by atoms with Crippen LogP contribution in [0.15, 0.2) is 41.1 Å². The first-order chi connectivity index (χ1) is 9.65. The van der Waals surface area contributed by atoms with Crippen molar-refractivity contribution in [3.63, 3.8) is 0 Å². The highest BCUT2D eigenvalue weighted by Crippen LogP contribution is 2.32. The Balaban J connectivity index is 2.04. The maximum Gasteiger partial charge on any atom is 0.261 e. The summed E-state index contributed by atoms with van der Waals surface area (Å²) in [5.74, 6) is -0.0126. The second-order valence-electron chi connectivity index (χ2n) is 3.99. The van der Waals surface area contributed by atoms with Crippen LogP contribution in [0.4, 0.5) is 10.1 Å². The standard InChI is InChI=1S/C13H8ClFN4O/c14-8-2-1-3-9(16)11(8)13-18-12(19-20-13)10-5-4-7(15)6-17-10/h1-6H,16H2. The molecule has 0 bridgehead atoms. The molecular formula is C13H8ClFN4O. The van der Waals surface area contributed by atoms with Crippen LogP contribution in [-0.4, -0.2) is 15.1 Å². The molecule has 0 spiro atoms. The largest absolute Gasteiger partial charge is 0.398 e. The number of hydrogen-bond acceptors (Lipinski definition) is 5. The molecule has 0 fully saturated rings. The zero-order valence-corrected chi connectivity index (χ0v) is 10.8. The molecule has 3 rings (SSSR count). The van der Waals surface area contributed by atoms with Gasteiger partial charge in [0, 0.05) is 5.69 Å². The van der Waals surface area contributed by atoms with Crippen molar-refractivity contribution in [3.8, 4) is 23.0 Å². The number of rotatable bonds is 2. The molecule has 1 aromatic carbocycles. The van der Waals surface area contributed by atoms with Crippen molar-refractivity contribution < 1.29 is 8.91 Å². The predicted molar refractivity (Wildman–Crippen MR) is 72.3 cm³/mol. The number of aromatic nitrogens is 3. The third-order valence-corrected chi connectivity index (χ3v) is 2.96. The summed E-state index contributed by atoms with van der Waals surface area (Å²) in [6, 6.07) is 7.80. The monoisotopic (exact) mass is 290 g/mol. The van der Waals surface area contributed by atoms with Gasteiger partial charge in [-0.1, -0.05) is 22.8 Å². The Labute approximate surface area is 118 Å². The van der Waals surface area contributed by atoms with Gasteiger partial charge in [-0.3, -0.25) is 0 Å². The number of hydrogen-bond donors (Lipinski definition) is 1. The van der Waals surface area contributed by atoms with Gasteiger partial charge in [0.25, 0.3) is 5.89 Å². The van der Waals surface area contributed by atoms with E-state index in [0.29, 0.717) is 22.0 Å². The van der Waals surface area contributed by atoms with Crippen molar-refractivity contribution in [1.82, 2.24) is 15.1 Å². The van der Waals surface area contributed by atoms with Crippen LogP contribution < -0.4 is 5.73 Å². The van der Waals surface area contributed by atoms with Gasteiger partial charge in [-0.15, -0.1) is 0 Å². The molecule has 2 heterocycles. The molecule has 0 amide bonds. The molecule has 0 radical (unpaired) electrons. The second-order valence-corrected chi connectivity index (χ2v) is 4.40. The Hall–Kier alpha value is -2.47. The van der Waals surface area contributed by atoms with Gasteiger partial charge < -0.3 is 10.3 Å². The van der Waals surface area contributed by atoms with Crippen molar-refractivity contribution in [2.75, 3.05) is 5.73 Å². The highest BCUT2D eigenvalue weighted by atomic mass is 35.5. The quantitative estimate of drug-likeness (QED) is 0.733. The minimum absolute atomic E-state index is 0.189. The van der Waals surface area contributed by atoms with Crippen LogP contribution in [-0.2, 0) is 0 Å². The van der Waals surface area contributed by atoms with Gasteiger partial charge in [-0.25, -0.2) is 9.37 Å². The molecule has 0 saturated heterocycles. The van der Waals surface area contributed by atoms with Crippen LogP contribution in [0.2, 0.25) is 5.02 Å². The lowest BCUT2D eigenvalue weighted by Gasteiger charge is -2.01. The van der Waals surface area contributed by atoms with E-state index >= 15 is 0 Å². The Bertz CT molecular complexity index is 737. The number of pyridine rings is 1. The van der Waals surface area contributed by atoms with Crippen molar-refractivity contribution in [2.24, 2.45) is 0 Å². The molecule has 0 aliphatic heterocycles. The summed E-state index contributed by atoms with van der Waals surface area (Å²) in [5.41, 5.74) is 7.14. The molecule has 0 aliphatic rings. The summed E-state index contributed by atoms with van der Waals surface area (Å²) in [5, 5.41) is 4.20. The van der Waals surface area contributed by atoms with E-state index in [1.807, 2.05) is 0 Å². The molecule has 0 aliphatic carbocycles. The fraction of sp³-hybridized carbons (Fsp3) is 0. The summed E-state index contributed by atoms with van der Waals surface area (Å²) in [6.07, 6.45) is 1.08.